The molecule has 0 unspecified atom stereocenters. The molecule has 4 rings (SSSR count). The smallest absolute Gasteiger partial charge is 0.253 e. The Morgan fingerprint density at radius 2 is 1.83 bits per heavy atom. The Morgan fingerprint density at radius 1 is 1.07 bits per heavy atom. The summed E-state index contributed by atoms with van der Waals surface area (Å²) in [6.45, 7) is 7.70. The first-order valence-electron chi connectivity index (χ1n) is 10.6. The van der Waals surface area contributed by atoms with E-state index in [0.717, 1.165) is 55.0 Å². The number of nitrogens with one attached hydrogen (secondary N) is 1. The van der Waals surface area contributed by atoms with E-state index >= 15 is 0 Å². The third-order valence-electron chi connectivity index (χ3n) is 5.84. The Kier molecular flexibility index (Phi) is 6.60. The van der Waals surface area contributed by atoms with Crippen LogP contribution in [0, 0.1) is 13.8 Å². The van der Waals surface area contributed by atoms with Gasteiger partial charge in [-0.15, -0.1) is 0 Å². The first kappa shape index (κ1) is 20.8. The van der Waals surface area contributed by atoms with Crippen molar-refractivity contribution in [1.29, 1.82) is 0 Å². The van der Waals surface area contributed by atoms with E-state index in [4.69, 9.17) is 4.98 Å². The van der Waals surface area contributed by atoms with Crippen LogP contribution in [0.1, 0.15) is 57.2 Å². The van der Waals surface area contributed by atoms with Crippen molar-refractivity contribution in [2.24, 2.45) is 0 Å². The molecule has 156 valence electrons. The number of carbonyl (C=O) groups is 1. The van der Waals surface area contributed by atoms with E-state index in [0.29, 0.717) is 12.5 Å². The van der Waals surface area contributed by atoms with Crippen LogP contribution in [0.3, 0.4) is 0 Å². The first-order valence-corrected chi connectivity index (χ1v) is 11.6. The van der Waals surface area contributed by atoms with Crippen LogP contribution in [-0.2, 0) is 13.1 Å². The van der Waals surface area contributed by atoms with Gasteiger partial charge >= 0.3 is 0 Å². The van der Waals surface area contributed by atoms with Crippen molar-refractivity contribution < 1.29 is 4.79 Å². The predicted octanol–water partition coefficient (Wildman–Crippen LogP) is 5.07. The Bertz CT molecular complexity index is 974. The fraction of sp³-hybridized carbons (Fsp3) is 0.360. The van der Waals surface area contributed by atoms with Crippen molar-refractivity contribution in [3.05, 3.63) is 86.9 Å². The molecule has 1 aromatic carbocycles. The molecular formula is C25H29N3OS. The standard InChI is InChI=1S/C25H29N3OS/c1-18-3-6-20(7-4-18)15-26-25(29)23-8-5-19(2)27-24(23)22-9-12-28(13-10-22)16-21-11-14-30-17-21/h3-8,11,14,17,22H,9-10,12-13,15-16H2,1-2H3,(H,26,29). The molecule has 0 aliphatic carbocycles. The largest absolute Gasteiger partial charge is 0.348 e. The van der Waals surface area contributed by atoms with Crippen LogP contribution in [0.15, 0.2) is 53.2 Å². The summed E-state index contributed by atoms with van der Waals surface area (Å²) in [5.41, 5.74) is 6.39. The number of benzene rings is 1. The monoisotopic (exact) mass is 419 g/mol. The lowest BCUT2D eigenvalue weighted by Crippen LogP contribution is -2.33. The number of thiophene rings is 1. The Hall–Kier alpha value is -2.50. The Labute approximate surface area is 183 Å². The minimum Gasteiger partial charge on any atom is -0.348 e. The van der Waals surface area contributed by atoms with E-state index < -0.39 is 0 Å². The fourth-order valence-electron chi connectivity index (χ4n) is 4.07. The number of carbonyl (C=O) groups excluding carboxylic acids is 1. The highest BCUT2D eigenvalue weighted by molar-refractivity contribution is 7.07. The summed E-state index contributed by atoms with van der Waals surface area (Å²) in [6, 6.07) is 14.4. The number of pyridine rings is 1. The molecule has 0 spiro atoms. The third-order valence-corrected chi connectivity index (χ3v) is 6.57. The van der Waals surface area contributed by atoms with Gasteiger partial charge in [-0.3, -0.25) is 14.7 Å². The zero-order valence-electron chi connectivity index (χ0n) is 17.7. The lowest BCUT2D eigenvalue weighted by atomic mass is 9.89. The zero-order valence-corrected chi connectivity index (χ0v) is 18.5. The van der Waals surface area contributed by atoms with Gasteiger partial charge in [0.25, 0.3) is 5.91 Å². The molecule has 1 amide bonds. The molecule has 0 radical (unpaired) electrons. The topological polar surface area (TPSA) is 45.2 Å². The molecular weight excluding hydrogens is 390 g/mol. The minimum absolute atomic E-state index is 0.0289. The highest BCUT2D eigenvalue weighted by atomic mass is 32.1. The van der Waals surface area contributed by atoms with Crippen molar-refractivity contribution >= 4 is 17.2 Å². The molecule has 3 aromatic rings. The molecule has 0 saturated carbocycles. The zero-order chi connectivity index (χ0) is 20.9. The lowest BCUT2D eigenvalue weighted by molar-refractivity contribution is 0.0948. The van der Waals surface area contributed by atoms with Crippen LogP contribution < -0.4 is 5.32 Å². The molecule has 1 aliphatic heterocycles. The Morgan fingerprint density at radius 3 is 2.53 bits per heavy atom. The fourth-order valence-corrected chi connectivity index (χ4v) is 4.73. The van der Waals surface area contributed by atoms with Gasteiger partial charge in [-0.2, -0.15) is 11.3 Å². The number of rotatable bonds is 6. The predicted molar refractivity (Wildman–Crippen MR) is 123 cm³/mol. The number of aryl methyl sites for hydroxylation is 2. The molecule has 1 N–H and O–H groups in total. The molecule has 1 fully saturated rings. The number of likely N-dealkylation sites (tertiary alicyclic amines) is 1. The molecule has 2 aromatic heterocycles. The number of piperidine rings is 1. The summed E-state index contributed by atoms with van der Waals surface area (Å²) in [5, 5.41) is 7.45. The Balaban J connectivity index is 1.41. The number of hydrogen-bond acceptors (Lipinski definition) is 4. The van der Waals surface area contributed by atoms with Crippen LogP contribution in [0.2, 0.25) is 0 Å². The van der Waals surface area contributed by atoms with Gasteiger partial charge in [-0.25, -0.2) is 0 Å². The van der Waals surface area contributed by atoms with Gasteiger partial charge in [0.15, 0.2) is 0 Å². The highest BCUT2D eigenvalue weighted by Crippen LogP contribution is 2.30. The number of hydrogen-bond donors (Lipinski definition) is 1. The van der Waals surface area contributed by atoms with Crippen molar-refractivity contribution in [3.63, 3.8) is 0 Å². The number of nitrogens with zero attached hydrogens (tertiary/aromatic N) is 2. The molecule has 4 nitrogen and oxygen atoms in total. The number of aromatic nitrogens is 1. The van der Waals surface area contributed by atoms with Gasteiger partial charge in [-0.1, -0.05) is 29.8 Å². The second-order valence-corrected chi connectivity index (χ2v) is 9.02. The molecule has 30 heavy (non-hydrogen) atoms. The SMILES string of the molecule is Cc1ccc(CNC(=O)c2ccc(C)nc2C2CCN(Cc3ccsc3)CC2)cc1. The van der Waals surface area contributed by atoms with Crippen molar-refractivity contribution in [2.75, 3.05) is 13.1 Å². The van der Waals surface area contributed by atoms with Crippen LogP contribution in [-0.4, -0.2) is 28.9 Å². The summed E-state index contributed by atoms with van der Waals surface area (Å²) >= 11 is 1.75. The van der Waals surface area contributed by atoms with E-state index in [1.807, 2.05) is 19.1 Å². The maximum atomic E-state index is 13.0. The van der Waals surface area contributed by atoms with E-state index in [1.165, 1.54) is 11.1 Å². The average Bonchev–Trinajstić information content (AvgIpc) is 3.27. The molecule has 3 heterocycles. The van der Waals surface area contributed by atoms with Gasteiger partial charge < -0.3 is 5.32 Å². The summed E-state index contributed by atoms with van der Waals surface area (Å²) in [4.78, 5) is 20.3. The van der Waals surface area contributed by atoms with Crippen LogP contribution in [0.4, 0.5) is 0 Å². The van der Waals surface area contributed by atoms with E-state index in [-0.39, 0.29) is 5.91 Å². The van der Waals surface area contributed by atoms with Crippen LogP contribution >= 0.6 is 11.3 Å². The number of amides is 1. The lowest BCUT2D eigenvalue weighted by Gasteiger charge is -2.32. The van der Waals surface area contributed by atoms with Crippen LogP contribution in [0.25, 0.3) is 0 Å². The van der Waals surface area contributed by atoms with Gasteiger partial charge in [0, 0.05) is 24.7 Å². The summed E-state index contributed by atoms with van der Waals surface area (Å²) in [5.74, 6) is 0.308. The van der Waals surface area contributed by atoms with Gasteiger partial charge in [0.1, 0.15) is 0 Å². The summed E-state index contributed by atoms with van der Waals surface area (Å²) in [7, 11) is 0. The van der Waals surface area contributed by atoms with Gasteiger partial charge in [0.2, 0.25) is 0 Å². The molecule has 1 saturated heterocycles. The van der Waals surface area contributed by atoms with Gasteiger partial charge in [-0.05, 0) is 79.9 Å². The minimum atomic E-state index is -0.0289. The maximum absolute atomic E-state index is 13.0. The quantitative estimate of drug-likeness (QED) is 0.607. The van der Waals surface area contributed by atoms with Gasteiger partial charge in [0.05, 0.1) is 11.3 Å². The normalized spacial score (nSPS) is 15.3. The maximum Gasteiger partial charge on any atom is 0.253 e. The average molecular weight is 420 g/mol. The van der Waals surface area contributed by atoms with Crippen molar-refractivity contribution in [2.45, 2.75) is 45.7 Å². The van der Waals surface area contributed by atoms with Crippen molar-refractivity contribution in [1.82, 2.24) is 15.2 Å². The third kappa shape index (κ3) is 5.15. The molecule has 0 atom stereocenters. The van der Waals surface area contributed by atoms with E-state index in [9.17, 15) is 4.79 Å². The first-order chi connectivity index (χ1) is 14.6. The summed E-state index contributed by atoms with van der Waals surface area (Å²) < 4.78 is 0. The second-order valence-electron chi connectivity index (χ2n) is 8.24. The molecule has 5 heteroatoms. The second kappa shape index (κ2) is 9.54. The molecule has 0 bridgehead atoms. The summed E-state index contributed by atoms with van der Waals surface area (Å²) in [6.07, 6.45) is 2.08. The van der Waals surface area contributed by atoms with Crippen molar-refractivity contribution in [3.8, 4) is 0 Å². The van der Waals surface area contributed by atoms with E-state index in [2.05, 4.69) is 58.2 Å². The molecule has 1 aliphatic rings. The van der Waals surface area contributed by atoms with Crippen LogP contribution in [0.5, 0.6) is 0 Å². The highest BCUT2D eigenvalue weighted by Gasteiger charge is 2.26. The van der Waals surface area contributed by atoms with E-state index in [1.54, 1.807) is 11.3 Å².